The number of para-hydroxylation sites is 1. The minimum absolute atomic E-state index is 0.0280. The normalized spacial score (nSPS) is 11.1. The Bertz CT molecular complexity index is 1310. The fourth-order valence-corrected chi connectivity index (χ4v) is 4.10. The molecule has 0 spiro atoms. The van der Waals surface area contributed by atoms with Gasteiger partial charge in [-0.25, -0.2) is 4.98 Å². The van der Waals surface area contributed by atoms with Crippen molar-refractivity contribution in [2.24, 2.45) is 0 Å². The minimum Gasteiger partial charge on any atom is -0.463 e. The molecule has 2 heterocycles. The molecule has 4 aromatic rings. The Hall–Kier alpha value is -2.71. The zero-order valence-electron chi connectivity index (χ0n) is 13.7. The summed E-state index contributed by atoms with van der Waals surface area (Å²) >= 11 is 4.71. The van der Waals surface area contributed by atoms with Crippen molar-refractivity contribution in [2.75, 3.05) is 0 Å². The van der Waals surface area contributed by atoms with Crippen LogP contribution in [-0.2, 0) is 5.75 Å². The molecule has 0 aliphatic carbocycles. The maximum atomic E-state index is 12.4. The number of thioether (sulfide) groups is 1. The van der Waals surface area contributed by atoms with Crippen LogP contribution in [0.2, 0.25) is 0 Å². The summed E-state index contributed by atoms with van der Waals surface area (Å²) in [5, 5.41) is 1.32. The zero-order valence-corrected chi connectivity index (χ0v) is 16.1. The van der Waals surface area contributed by atoms with Crippen LogP contribution in [0.3, 0.4) is 0 Å². The Labute approximate surface area is 164 Å². The van der Waals surface area contributed by atoms with Crippen LogP contribution in [0.5, 0.6) is 0 Å². The van der Waals surface area contributed by atoms with Crippen LogP contribution in [0, 0.1) is 0 Å². The molecule has 2 aromatic carbocycles. The second kappa shape index (κ2) is 7.13. The van der Waals surface area contributed by atoms with E-state index in [9.17, 15) is 14.4 Å². The molecule has 4 rings (SSSR count). The SMILES string of the molecule is O=Cc1coc2c(CSc3nc4ccccc4c(=O)[nH]3)cc(Br)cc2c1=O. The monoisotopic (exact) mass is 442 g/mol. The number of rotatable bonds is 4. The van der Waals surface area contributed by atoms with Crippen LogP contribution < -0.4 is 11.0 Å². The molecule has 0 aliphatic heterocycles. The lowest BCUT2D eigenvalue weighted by Crippen LogP contribution is -2.09. The summed E-state index contributed by atoms with van der Waals surface area (Å²) in [5.74, 6) is 0.417. The molecule has 0 bridgehead atoms. The van der Waals surface area contributed by atoms with E-state index in [1.165, 1.54) is 11.8 Å². The second-order valence-corrected chi connectivity index (χ2v) is 7.64. The highest BCUT2D eigenvalue weighted by molar-refractivity contribution is 9.10. The van der Waals surface area contributed by atoms with Crippen molar-refractivity contribution < 1.29 is 9.21 Å². The summed E-state index contributed by atoms with van der Waals surface area (Å²) in [6.45, 7) is 0. The third-order valence-electron chi connectivity index (χ3n) is 4.02. The first-order valence-corrected chi connectivity index (χ1v) is 9.65. The average molecular weight is 443 g/mol. The fraction of sp³-hybridized carbons (Fsp3) is 0.0526. The van der Waals surface area contributed by atoms with E-state index in [-0.39, 0.29) is 16.6 Å². The number of hydrogen-bond acceptors (Lipinski definition) is 6. The molecule has 1 N–H and O–H groups in total. The highest BCUT2D eigenvalue weighted by atomic mass is 79.9. The maximum Gasteiger partial charge on any atom is 0.259 e. The number of fused-ring (bicyclic) bond motifs is 2. The molecule has 0 aliphatic rings. The van der Waals surface area contributed by atoms with E-state index in [1.54, 1.807) is 24.3 Å². The van der Waals surface area contributed by atoms with E-state index >= 15 is 0 Å². The van der Waals surface area contributed by atoms with Crippen molar-refractivity contribution in [1.82, 2.24) is 9.97 Å². The van der Waals surface area contributed by atoms with Crippen molar-refractivity contribution in [3.8, 4) is 0 Å². The van der Waals surface area contributed by atoms with Crippen LogP contribution in [0.1, 0.15) is 15.9 Å². The van der Waals surface area contributed by atoms with Crippen LogP contribution in [0.25, 0.3) is 21.9 Å². The number of aromatic amines is 1. The number of H-pyrrole nitrogens is 1. The number of hydrogen-bond donors (Lipinski definition) is 1. The lowest BCUT2D eigenvalue weighted by molar-refractivity contribution is 0.112. The summed E-state index contributed by atoms with van der Waals surface area (Å²) in [5.41, 5.74) is 1.16. The molecule has 2 aromatic heterocycles. The first kappa shape index (κ1) is 17.7. The number of aldehydes is 1. The van der Waals surface area contributed by atoms with E-state index in [1.807, 2.05) is 12.1 Å². The maximum absolute atomic E-state index is 12.4. The Morgan fingerprint density at radius 3 is 2.81 bits per heavy atom. The van der Waals surface area contributed by atoms with Gasteiger partial charge < -0.3 is 9.40 Å². The van der Waals surface area contributed by atoms with Crippen LogP contribution >= 0.6 is 27.7 Å². The van der Waals surface area contributed by atoms with E-state index in [4.69, 9.17) is 4.42 Å². The Morgan fingerprint density at radius 2 is 2.00 bits per heavy atom. The summed E-state index contributed by atoms with van der Waals surface area (Å²) in [4.78, 5) is 42.7. The van der Waals surface area contributed by atoms with Crippen molar-refractivity contribution >= 4 is 55.9 Å². The van der Waals surface area contributed by atoms with Gasteiger partial charge >= 0.3 is 0 Å². The van der Waals surface area contributed by atoms with E-state index in [0.29, 0.717) is 43.5 Å². The lowest BCUT2D eigenvalue weighted by Gasteiger charge is -2.07. The van der Waals surface area contributed by atoms with Gasteiger partial charge in [0.05, 0.1) is 21.9 Å². The summed E-state index contributed by atoms with van der Waals surface area (Å²) in [7, 11) is 0. The predicted molar refractivity (Wildman–Crippen MR) is 107 cm³/mol. The number of benzene rings is 2. The topological polar surface area (TPSA) is 93.0 Å². The van der Waals surface area contributed by atoms with Crippen LogP contribution in [-0.4, -0.2) is 16.3 Å². The van der Waals surface area contributed by atoms with E-state index in [0.717, 1.165) is 11.8 Å². The van der Waals surface area contributed by atoms with Gasteiger partial charge in [0, 0.05) is 15.8 Å². The van der Waals surface area contributed by atoms with Gasteiger partial charge in [-0.2, -0.15) is 0 Å². The van der Waals surface area contributed by atoms with Crippen LogP contribution in [0.4, 0.5) is 0 Å². The minimum atomic E-state index is -0.379. The summed E-state index contributed by atoms with van der Waals surface area (Å²) in [6, 6.07) is 10.6. The third kappa shape index (κ3) is 3.33. The van der Waals surface area contributed by atoms with Crippen molar-refractivity contribution in [1.29, 1.82) is 0 Å². The number of carbonyl (C=O) groups is 1. The smallest absolute Gasteiger partial charge is 0.259 e. The number of carbonyl (C=O) groups excluding carboxylic acids is 1. The molecule has 134 valence electrons. The standard InChI is InChI=1S/C19H11BrN2O4S/c20-12-5-10(17-14(6-12)16(24)11(7-23)8-26-17)9-27-19-21-15-4-2-1-3-13(15)18(25)22-19/h1-8H,9H2,(H,21,22,25). The van der Waals surface area contributed by atoms with Gasteiger partial charge in [-0.15, -0.1) is 0 Å². The quantitative estimate of drug-likeness (QED) is 0.292. The number of halogens is 1. The molecule has 27 heavy (non-hydrogen) atoms. The molecule has 0 saturated carbocycles. The molecule has 0 atom stereocenters. The van der Waals surface area contributed by atoms with Crippen molar-refractivity contribution in [3.63, 3.8) is 0 Å². The van der Waals surface area contributed by atoms with Gasteiger partial charge in [-0.3, -0.25) is 14.4 Å². The van der Waals surface area contributed by atoms with Gasteiger partial charge in [-0.1, -0.05) is 39.8 Å². The summed E-state index contributed by atoms with van der Waals surface area (Å²) < 4.78 is 6.22. The first-order chi connectivity index (χ1) is 13.1. The largest absolute Gasteiger partial charge is 0.463 e. The second-order valence-electron chi connectivity index (χ2n) is 5.76. The third-order valence-corrected chi connectivity index (χ3v) is 5.40. The van der Waals surface area contributed by atoms with Gasteiger partial charge in [0.2, 0.25) is 5.43 Å². The number of aromatic nitrogens is 2. The van der Waals surface area contributed by atoms with Crippen molar-refractivity contribution in [3.05, 3.63) is 78.8 Å². The molecule has 0 radical (unpaired) electrons. The molecule has 6 nitrogen and oxygen atoms in total. The van der Waals surface area contributed by atoms with E-state index < -0.39 is 0 Å². The molecule has 0 saturated heterocycles. The molecular weight excluding hydrogens is 432 g/mol. The highest BCUT2D eigenvalue weighted by Crippen LogP contribution is 2.28. The molecular formula is C19H11BrN2O4S. The molecule has 8 heteroatoms. The Balaban J connectivity index is 1.74. The fourth-order valence-electron chi connectivity index (χ4n) is 2.76. The number of nitrogens with zero attached hydrogens (tertiary/aromatic N) is 1. The van der Waals surface area contributed by atoms with Crippen LogP contribution in [0.15, 0.2) is 66.3 Å². The zero-order chi connectivity index (χ0) is 19.0. The highest BCUT2D eigenvalue weighted by Gasteiger charge is 2.13. The molecule has 0 fully saturated rings. The van der Waals surface area contributed by atoms with Gasteiger partial charge in [0.1, 0.15) is 11.8 Å². The van der Waals surface area contributed by atoms with Gasteiger partial charge in [0.15, 0.2) is 11.4 Å². The molecule has 0 unspecified atom stereocenters. The van der Waals surface area contributed by atoms with Crippen molar-refractivity contribution in [2.45, 2.75) is 10.9 Å². The number of nitrogens with one attached hydrogen (secondary N) is 1. The van der Waals surface area contributed by atoms with Gasteiger partial charge in [0.25, 0.3) is 5.56 Å². The Morgan fingerprint density at radius 1 is 1.19 bits per heavy atom. The van der Waals surface area contributed by atoms with Gasteiger partial charge in [-0.05, 0) is 24.3 Å². The predicted octanol–water partition coefficient (Wildman–Crippen LogP) is 3.90. The average Bonchev–Trinajstić information content (AvgIpc) is 2.67. The lowest BCUT2D eigenvalue weighted by atomic mass is 10.1. The Kier molecular flexibility index (Phi) is 4.67. The molecule has 0 amide bonds. The van der Waals surface area contributed by atoms with E-state index in [2.05, 4.69) is 25.9 Å². The summed E-state index contributed by atoms with van der Waals surface area (Å²) in [6.07, 6.45) is 1.64. The first-order valence-electron chi connectivity index (χ1n) is 7.88.